The summed E-state index contributed by atoms with van der Waals surface area (Å²) in [6.07, 6.45) is 0.525. The number of carbonyl (C=O) groups excluding carboxylic acids is 1. The van der Waals surface area contributed by atoms with Gasteiger partial charge in [-0.3, -0.25) is 4.79 Å². The molecule has 0 aromatic carbocycles. The number of thiol groups is 1. The minimum Gasteiger partial charge on any atom is -0.293 e. The van der Waals surface area contributed by atoms with Gasteiger partial charge < -0.3 is 0 Å². The van der Waals surface area contributed by atoms with Gasteiger partial charge in [-0.2, -0.15) is 0 Å². The van der Waals surface area contributed by atoms with E-state index in [4.69, 9.17) is 0 Å². The Hall–Kier alpha value is -0.110. The minimum absolute atomic E-state index is 0.193. The topological polar surface area (TPSA) is 41.8 Å². The van der Waals surface area contributed by atoms with Crippen molar-refractivity contribution in [2.24, 2.45) is 9.57 Å². The molecule has 2 heterocycles. The van der Waals surface area contributed by atoms with Crippen LogP contribution in [0.4, 0.5) is 0 Å². The Morgan fingerprint density at radius 3 is 3.06 bits per heavy atom. The van der Waals surface area contributed by atoms with E-state index >= 15 is 0 Å². The van der Waals surface area contributed by atoms with Gasteiger partial charge in [0.05, 0.1) is 4.88 Å². The van der Waals surface area contributed by atoms with Crippen LogP contribution in [-0.2, 0) is 9.72 Å². The van der Waals surface area contributed by atoms with Gasteiger partial charge >= 0.3 is 0 Å². The Bertz CT molecular complexity index is 452. The average Bonchev–Trinajstić information content (AvgIpc) is 2.87. The molecular weight excluding hydrogens is 280 g/mol. The molecule has 1 aliphatic heterocycles. The van der Waals surface area contributed by atoms with Crippen LogP contribution in [0.1, 0.15) is 23.0 Å². The third-order valence-electron chi connectivity index (χ3n) is 1.98. The molecule has 0 spiro atoms. The van der Waals surface area contributed by atoms with Gasteiger partial charge in [-0.05, 0) is 32.0 Å². The second-order valence-corrected chi connectivity index (χ2v) is 8.51. The summed E-state index contributed by atoms with van der Waals surface area (Å²) in [5.41, 5.74) is 0. The summed E-state index contributed by atoms with van der Waals surface area (Å²) in [7, 11) is 1.30. The number of ketones is 1. The number of Topliss-reactive ketones (excluding diaryl/α,β-unsaturated/α-hetero) is 1. The number of thiophene rings is 1. The van der Waals surface area contributed by atoms with E-state index in [0.717, 1.165) is 4.88 Å². The van der Waals surface area contributed by atoms with Gasteiger partial charge in [0, 0.05) is 11.7 Å². The summed E-state index contributed by atoms with van der Waals surface area (Å²) in [5.74, 6) is 0.193. The quantitative estimate of drug-likeness (QED) is 0.525. The predicted octanol–water partition coefficient (Wildman–Crippen LogP) is 3.37. The van der Waals surface area contributed by atoms with Crippen LogP contribution in [0, 0.1) is 0 Å². The van der Waals surface area contributed by atoms with E-state index in [1.54, 1.807) is 0 Å². The van der Waals surface area contributed by atoms with Crippen LogP contribution in [-0.4, -0.2) is 15.4 Å². The van der Waals surface area contributed by atoms with Gasteiger partial charge in [0.1, 0.15) is 0 Å². The molecule has 1 aliphatic rings. The number of hydrogen-bond donors (Lipinski definition) is 1. The third kappa shape index (κ3) is 2.97. The summed E-state index contributed by atoms with van der Waals surface area (Å²) < 4.78 is 4.80. The van der Waals surface area contributed by atoms with Gasteiger partial charge in [0.25, 0.3) is 0 Å². The Morgan fingerprint density at radius 2 is 2.50 bits per heavy atom. The zero-order valence-corrected chi connectivity index (χ0v) is 11.8. The monoisotopic (exact) mass is 290 g/mol. The Morgan fingerprint density at radius 1 is 1.69 bits per heavy atom. The number of hydrogen-bond acceptors (Lipinski definition) is 5. The highest BCUT2D eigenvalue weighted by Gasteiger charge is 2.20. The molecule has 0 saturated carbocycles. The average molecular weight is 290 g/mol. The maximum absolute atomic E-state index is 11.9. The first-order chi connectivity index (χ1) is 7.66. The van der Waals surface area contributed by atoms with Crippen LogP contribution in [0.2, 0.25) is 0 Å². The van der Waals surface area contributed by atoms with Crippen molar-refractivity contribution >= 4 is 54.6 Å². The van der Waals surface area contributed by atoms with Crippen molar-refractivity contribution in [3.05, 3.63) is 22.4 Å². The normalized spacial score (nSPS) is 21.4. The molecule has 0 fully saturated rings. The van der Waals surface area contributed by atoms with E-state index in [0.29, 0.717) is 10.8 Å². The molecule has 0 amide bonds. The van der Waals surface area contributed by atoms with E-state index in [-0.39, 0.29) is 20.8 Å². The van der Waals surface area contributed by atoms with Crippen LogP contribution >= 0.6 is 34.8 Å². The molecule has 16 heavy (non-hydrogen) atoms. The molecule has 2 atom stereocenters. The molecule has 0 saturated heterocycles. The van der Waals surface area contributed by atoms with E-state index in [2.05, 4.69) is 22.2 Å². The van der Waals surface area contributed by atoms with Gasteiger partial charge in [-0.15, -0.1) is 33.5 Å². The highest BCUT2D eigenvalue weighted by molar-refractivity contribution is 8.80. The molecule has 0 N–H and O–H groups in total. The third-order valence-corrected chi connectivity index (χ3v) is 7.30. The van der Waals surface area contributed by atoms with Crippen LogP contribution < -0.4 is 0 Å². The molecule has 86 valence electrons. The van der Waals surface area contributed by atoms with Crippen molar-refractivity contribution in [2.75, 3.05) is 0 Å². The van der Waals surface area contributed by atoms with Gasteiger partial charge in [0.15, 0.2) is 10.2 Å². The van der Waals surface area contributed by atoms with Crippen LogP contribution in [0.3, 0.4) is 0 Å². The minimum atomic E-state index is -0.239. The first-order valence-corrected chi connectivity index (χ1v) is 8.53. The van der Waals surface area contributed by atoms with Gasteiger partial charge in [0.2, 0.25) is 0 Å². The Labute approximate surface area is 110 Å². The highest BCUT2D eigenvalue weighted by atomic mass is 33.1. The summed E-state index contributed by atoms with van der Waals surface area (Å²) in [6, 6.07) is 3.76. The fraction of sp³-hybridized carbons (Fsp3) is 0.333. The second kappa shape index (κ2) is 5.48. The highest BCUT2D eigenvalue weighted by Crippen LogP contribution is 2.28. The maximum Gasteiger partial charge on any atom is 0.173 e. The van der Waals surface area contributed by atoms with Gasteiger partial charge in [-0.1, -0.05) is 13.0 Å². The predicted molar refractivity (Wildman–Crippen MR) is 76.5 cm³/mol. The van der Waals surface area contributed by atoms with Crippen molar-refractivity contribution < 1.29 is 4.79 Å². The molecule has 0 radical (unpaired) electrons. The molecule has 1 aromatic heterocycles. The molecule has 7 heteroatoms. The number of rotatable bonds is 4. The van der Waals surface area contributed by atoms with E-state index in [1.807, 2.05) is 24.4 Å². The zero-order chi connectivity index (χ0) is 11.5. The summed E-state index contributed by atoms with van der Waals surface area (Å²) >= 11 is 5.63. The van der Waals surface area contributed by atoms with Crippen LogP contribution in [0.25, 0.3) is 0 Å². The standard InChI is InChI=1S/C9H10N2OS4/c1-6(16-11-10-9(13)15-16)5-7(12)8-3-2-4-14-8/h2-4,6H,5H2,1H3,(H,10,13). The molecule has 0 aliphatic carbocycles. The van der Waals surface area contributed by atoms with Crippen molar-refractivity contribution in [3.63, 3.8) is 0 Å². The Balaban J connectivity index is 1.94. The number of carbonyl (C=O) groups is 1. The first kappa shape index (κ1) is 12.3. The number of nitrogens with zero attached hydrogens (tertiary/aromatic N) is 2. The van der Waals surface area contributed by atoms with Crippen molar-refractivity contribution in [1.29, 1.82) is 0 Å². The molecular formula is C9H10N2OS4. The van der Waals surface area contributed by atoms with E-state index < -0.39 is 0 Å². The van der Waals surface area contributed by atoms with Crippen LogP contribution in [0.15, 0.2) is 27.1 Å². The second-order valence-electron chi connectivity index (χ2n) is 3.24. The van der Waals surface area contributed by atoms with Crippen LogP contribution in [0.5, 0.6) is 0 Å². The zero-order valence-electron chi connectivity index (χ0n) is 8.49. The lowest BCUT2D eigenvalue weighted by Crippen LogP contribution is -2.12. The fourth-order valence-electron chi connectivity index (χ4n) is 1.22. The fourth-order valence-corrected chi connectivity index (χ4v) is 5.23. The van der Waals surface area contributed by atoms with Crippen molar-refractivity contribution in [2.45, 2.75) is 18.6 Å². The molecule has 2 unspecified atom stereocenters. The lowest BCUT2D eigenvalue weighted by Gasteiger charge is -2.08. The molecule has 2 rings (SSSR count). The van der Waals surface area contributed by atoms with E-state index in [9.17, 15) is 4.79 Å². The first-order valence-electron chi connectivity index (χ1n) is 4.62. The molecule has 3 nitrogen and oxygen atoms in total. The summed E-state index contributed by atoms with van der Waals surface area (Å²) in [4.78, 5) is 12.7. The lowest BCUT2D eigenvalue weighted by atomic mass is 10.2. The molecule has 1 aromatic rings. The van der Waals surface area contributed by atoms with E-state index in [1.165, 1.54) is 22.1 Å². The molecule has 0 bridgehead atoms. The lowest BCUT2D eigenvalue weighted by molar-refractivity contribution is 0.0987. The smallest absolute Gasteiger partial charge is 0.173 e. The maximum atomic E-state index is 11.9. The van der Waals surface area contributed by atoms with Crippen molar-refractivity contribution in [1.82, 2.24) is 0 Å². The Kier molecular flexibility index (Phi) is 4.23. The van der Waals surface area contributed by atoms with Gasteiger partial charge in [-0.25, -0.2) is 0 Å². The summed E-state index contributed by atoms with van der Waals surface area (Å²) in [5, 5.41) is 6.02. The largest absolute Gasteiger partial charge is 0.293 e. The summed E-state index contributed by atoms with van der Waals surface area (Å²) in [6.45, 7) is 2.03. The van der Waals surface area contributed by atoms with Crippen molar-refractivity contribution in [3.8, 4) is 0 Å². The SMILES string of the molecule is CC(CC(=O)c1cccs1)S1=NN=C(S)S1.